The molecule has 0 radical (unpaired) electrons. The smallest absolute Gasteiger partial charge is 0.300 e. The Balaban J connectivity index is 2.27. The van der Waals surface area contributed by atoms with Gasteiger partial charge in [-0.3, -0.25) is 9.48 Å². The predicted octanol–water partition coefficient (Wildman–Crippen LogP) is 1.83. The number of hydrogen-bond donors (Lipinski definition) is 0. The van der Waals surface area contributed by atoms with Gasteiger partial charge >= 0.3 is 0 Å². The second-order valence-corrected chi connectivity index (χ2v) is 6.09. The number of amides is 1. The molecule has 0 aliphatic heterocycles. The largest absolute Gasteiger partial charge is 0.495 e. The first-order valence-corrected chi connectivity index (χ1v) is 8.17. The number of carbonyl (C=O) groups excluding carboxylic acids is 1. The fraction of sp³-hybridized carbons (Fsp3) is 0.235. The lowest BCUT2D eigenvalue weighted by Gasteiger charge is -2.08. The van der Waals surface area contributed by atoms with Gasteiger partial charge in [-0.15, -0.1) is 6.42 Å². The molecule has 3 rings (SSSR count). The molecule has 0 unspecified atom stereocenters. The second-order valence-electron chi connectivity index (χ2n) is 5.11. The normalized spacial score (nSPS) is 11.5. The molecule has 1 aromatic carbocycles. The van der Waals surface area contributed by atoms with Gasteiger partial charge in [-0.25, -0.2) is 0 Å². The van der Waals surface area contributed by atoms with Crippen molar-refractivity contribution in [2.75, 3.05) is 14.2 Å². The maximum atomic E-state index is 12.4. The molecule has 8 heteroatoms. The summed E-state index contributed by atoms with van der Waals surface area (Å²) in [6.45, 7) is 0.248. The third kappa shape index (κ3) is 3.02. The predicted molar refractivity (Wildman–Crippen MR) is 94.9 cm³/mol. The Hall–Kier alpha value is -3.05. The number of terminal acetylenes is 1. The van der Waals surface area contributed by atoms with Gasteiger partial charge in [-0.05, 0) is 18.2 Å². The average Bonchev–Trinajstić information content (AvgIpc) is 3.19. The Morgan fingerprint density at radius 1 is 1.32 bits per heavy atom. The van der Waals surface area contributed by atoms with Crippen LogP contribution < -0.4 is 14.3 Å². The lowest BCUT2D eigenvalue weighted by molar-refractivity contribution is 0.0992. The number of carbonyl (C=O) groups is 1. The standard InChI is InChI=1S/C17H16N4O3S/c1-5-9-21-14-12(23-3)6-7-13(24-4)15(14)25-17(21)18-16(22)11-8-10-20(2)19-11/h1,6-8,10H,9H2,2-4H3. The van der Waals surface area contributed by atoms with Crippen LogP contribution in [-0.4, -0.2) is 34.5 Å². The molecule has 0 bridgehead atoms. The summed E-state index contributed by atoms with van der Waals surface area (Å²) in [7, 11) is 4.90. The first-order chi connectivity index (χ1) is 12.1. The minimum Gasteiger partial charge on any atom is -0.495 e. The number of hydrogen-bond acceptors (Lipinski definition) is 5. The summed E-state index contributed by atoms with van der Waals surface area (Å²) < 4.78 is 15.0. The maximum absolute atomic E-state index is 12.4. The van der Waals surface area contributed by atoms with Crippen molar-refractivity contribution in [2.24, 2.45) is 12.0 Å². The van der Waals surface area contributed by atoms with E-state index in [1.165, 1.54) is 11.3 Å². The van der Waals surface area contributed by atoms with Gasteiger partial charge in [-0.1, -0.05) is 17.3 Å². The van der Waals surface area contributed by atoms with Gasteiger partial charge in [0.15, 0.2) is 10.5 Å². The first-order valence-electron chi connectivity index (χ1n) is 7.35. The molecule has 25 heavy (non-hydrogen) atoms. The summed E-state index contributed by atoms with van der Waals surface area (Å²) in [6.07, 6.45) is 7.20. The van der Waals surface area contributed by atoms with Crippen LogP contribution in [0, 0.1) is 12.3 Å². The van der Waals surface area contributed by atoms with Gasteiger partial charge in [0.25, 0.3) is 5.91 Å². The average molecular weight is 356 g/mol. The minimum absolute atomic E-state index is 0.248. The Bertz CT molecular complexity index is 1050. The third-order valence-electron chi connectivity index (χ3n) is 3.57. The summed E-state index contributed by atoms with van der Waals surface area (Å²) >= 11 is 1.31. The molecule has 0 fully saturated rings. The highest BCUT2D eigenvalue weighted by Gasteiger charge is 2.17. The molecule has 128 valence electrons. The minimum atomic E-state index is -0.434. The van der Waals surface area contributed by atoms with Crippen molar-refractivity contribution in [1.82, 2.24) is 14.3 Å². The number of thiazole rings is 1. The van der Waals surface area contributed by atoms with Crippen LogP contribution in [0.5, 0.6) is 11.5 Å². The van der Waals surface area contributed by atoms with Crippen molar-refractivity contribution in [3.63, 3.8) is 0 Å². The van der Waals surface area contributed by atoms with Crippen LogP contribution in [0.1, 0.15) is 10.5 Å². The first kappa shape index (κ1) is 16.8. The van der Waals surface area contributed by atoms with E-state index in [-0.39, 0.29) is 12.2 Å². The highest BCUT2D eigenvalue weighted by molar-refractivity contribution is 7.16. The molecule has 2 heterocycles. The molecular formula is C17H16N4O3S. The molecule has 0 atom stereocenters. The molecular weight excluding hydrogens is 340 g/mol. The Kier molecular flexibility index (Phi) is 4.59. The molecule has 7 nitrogen and oxygen atoms in total. The van der Waals surface area contributed by atoms with E-state index < -0.39 is 5.91 Å². The molecule has 1 amide bonds. The van der Waals surface area contributed by atoms with Crippen LogP contribution >= 0.6 is 11.3 Å². The third-order valence-corrected chi connectivity index (χ3v) is 4.66. The van der Waals surface area contributed by atoms with Crippen molar-refractivity contribution in [1.29, 1.82) is 0 Å². The van der Waals surface area contributed by atoms with Crippen LogP contribution in [0.3, 0.4) is 0 Å². The second kappa shape index (κ2) is 6.83. The fourth-order valence-corrected chi connectivity index (χ4v) is 3.59. The zero-order valence-electron chi connectivity index (χ0n) is 14.0. The quantitative estimate of drug-likeness (QED) is 0.669. The van der Waals surface area contributed by atoms with E-state index in [9.17, 15) is 4.79 Å². The van der Waals surface area contributed by atoms with Crippen molar-refractivity contribution < 1.29 is 14.3 Å². The van der Waals surface area contributed by atoms with Crippen molar-refractivity contribution in [2.45, 2.75) is 6.54 Å². The Morgan fingerprint density at radius 3 is 2.64 bits per heavy atom. The van der Waals surface area contributed by atoms with E-state index in [1.807, 2.05) is 6.07 Å². The molecule has 0 saturated heterocycles. The number of ether oxygens (including phenoxy) is 2. The number of methoxy groups -OCH3 is 2. The van der Waals surface area contributed by atoms with E-state index in [1.54, 1.807) is 48.8 Å². The van der Waals surface area contributed by atoms with Crippen LogP contribution in [-0.2, 0) is 13.6 Å². The van der Waals surface area contributed by atoms with E-state index in [4.69, 9.17) is 15.9 Å². The number of rotatable bonds is 4. The summed E-state index contributed by atoms with van der Waals surface area (Å²) in [6, 6.07) is 5.22. The van der Waals surface area contributed by atoms with Crippen LogP contribution in [0.4, 0.5) is 0 Å². The van der Waals surface area contributed by atoms with Crippen LogP contribution in [0.15, 0.2) is 29.4 Å². The fourth-order valence-electron chi connectivity index (χ4n) is 2.45. The van der Waals surface area contributed by atoms with Gasteiger partial charge in [0.1, 0.15) is 21.7 Å². The molecule has 0 aliphatic rings. The lowest BCUT2D eigenvalue weighted by atomic mass is 10.3. The number of fused-ring (bicyclic) bond motifs is 1. The van der Waals surface area contributed by atoms with Gasteiger partial charge in [0, 0.05) is 13.2 Å². The summed E-state index contributed by atoms with van der Waals surface area (Å²) in [5.74, 6) is 3.45. The van der Waals surface area contributed by atoms with E-state index in [0.717, 1.165) is 10.2 Å². The number of aromatic nitrogens is 3. The van der Waals surface area contributed by atoms with Crippen LogP contribution in [0.2, 0.25) is 0 Å². The van der Waals surface area contributed by atoms with Gasteiger partial charge in [0.2, 0.25) is 0 Å². The zero-order chi connectivity index (χ0) is 18.0. The molecule has 0 spiro atoms. The maximum Gasteiger partial charge on any atom is 0.300 e. The van der Waals surface area contributed by atoms with Gasteiger partial charge in [-0.2, -0.15) is 10.1 Å². The molecule has 2 aromatic heterocycles. The molecule has 0 aliphatic carbocycles. The highest BCUT2D eigenvalue weighted by Crippen LogP contribution is 2.35. The Labute approximate surface area is 148 Å². The topological polar surface area (TPSA) is 70.6 Å². The number of aryl methyl sites for hydroxylation is 1. The molecule has 3 aromatic rings. The number of benzene rings is 1. The van der Waals surface area contributed by atoms with E-state index in [2.05, 4.69) is 16.0 Å². The molecule has 0 N–H and O–H groups in total. The van der Waals surface area contributed by atoms with Crippen molar-refractivity contribution >= 4 is 27.5 Å². The monoisotopic (exact) mass is 356 g/mol. The Morgan fingerprint density at radius 2 is 2.04 bits per heavy atom. The SMILES string of the molecule is C#CCn1c(=NC(=O)c2ccn(C)n2)sc2c(OC)ccc(OC)c21. The van der Waals surface area contributed by atoms with E-state index >= 15 is 0 Å². The van der Waals surface area contributed by atoms with Crippen molar-refractivity contribution in [3.8, 4) is 23.8 Å². The number of nitrogens with zero attached hydrogens (tertiary/aromatic N) is 4. The van der Waals surface area contributed by atoms with Crippen molar-refractivity contribution in [3.05, 3.63) is 34.9 Å². The summed E-state index contributed by atoms with van der Waals surface area (Å²) in [5, 5.41) is 4.08. The summed E-state index contributed by atoms with van der Waals surface area (Å²) in [4.78, 5) is 17.1. The van der Waals surface area contributed by atoms with Gasteiger partial charge < -0.3 is 14.0 Å². The highest BCUT2D eigenvalue weighted by atomic mass is 32.1. The summed E-state index contributed by atoms with van der Waals surface area (Å²) in [5.41, 5.74) is 1.02. The van der Waals surface area contributed by atoms with Gasteiger partial charge in [0.05, 0.1) is 20.8 Å². The zero-order valence-corrected chi connectivity index (χ0v) is 14.8. The van der Waals surface area contributed by atoms with Crippen LogP contribution in [0.25, 0.3) is 10.2 Å². The lowest BCUT2D eigenvalue weighted by Crippen LogP contribution is -2.17. The van der Waals surface area contributed by atoms with E-state index in [0.29, 0.717) is 16.3 Å². The molecule has 0 saturated carbocycles.